The molecule has 0 unspecified atom stereocenters. The average Bonchev–Trinajstić information content (AvgIpc) is 3.71. The van der Waals surface area contributed by atoms with Crippen LogP contribution >= 0.6 is 0 Å². The van der Waals surface area contributed by atoms with Crippen molar-refractivity contribution in [1.29, 1.82) is 0 Å². The molecule has 0 bridgehead atoms. The number of nitrogens with zero attached hydrogens (tertiary/aromatic N) is 2. The van der Waals surface area contributed by atoms with Crippen LogP contribution in [0.5, 0.6) is 0 Å². The number of pyridine rings is 2. The van der Waals surface area contributed by atoms with Gasteiger partial charge in [-0.05, 0) is 85.7 Å². The first-order valence-corrected chi connectivity index (χ1v) is 21.9. The van der Waals surface area contributed by atoms with Crippen LogP contribution in [0.2, 0.25) is 0 Å². The Hall–Kier alpha value is -7.36. The normalized spacial score (nSPS) is 12.0. The van der Waals surface area contributed by atoms with E-state index in [0.29, 0.717) is 0 Å². The third-order valence-corrected chi connectivity index (χ3v) is 12.3. The van der Waals surface area contributed by atoms with E-state index in [1.165, 1.54) is 22.3 Å². The molecule has 0 spiro atoms. The molecule has 0 fully saturated rings. The van der Waals surface area contributed by atoms with Crippen molar-refractivity contribution in [1.82, 2.24) is 9.97 Å². The lowest BCUT2D eigenvalue weighted by atomic mass is 9.78. The predicted molar refractivity (Wildman–Crippen MR) is 265 cm³/mol. The number of para-hydroxylation sites is 2. The van der Waals surface area contributed by atoms with Crippen molar-refractivity contribution in [3.8, 4) is 78.1 Å². The van der Waals surface area contributed by atoms with Crippen molar-refractivity contribution in [2.24, 2.45) is 0 Å². The van der Waals surface area contributed by atoms with E-state index in [4.69, 9.17) is 14.4 Å². The molecule has 63 heavy (non-hydrogen) atoms. The second-order valence-corrected chi connectivity index (χ2v) is 18.7. The molecule has 0 aliphatic rings. The van der Waals surface area contributed by atoms with E-state index in [1.807, 2.05) is 48.8 Å². The van der Waals surface area contributed by atoms with Gasteiger partial charge in [0.05, 0.1) is 11.4 Å². The molecule has 0 atom stereocenters. The van der Waals surface area contributed by atoms with Crippen LogP contribution in [0.3, 0.4) is 0 Å². The molecule has 3 nitrogen and oxygen atoms in total. The highest BCUT2D eigenvalue weighted by atomic mass is 16.3. The van der Waals surface area contributed by atoms with E-state index in [-0.39, 0.29) is 10.8 Å². The number of hydrogen-bond acceptors (Lipinski definition) is 3. The van der Waals surface area contributed by atoms with Gasteiger partial charge in [-0.3, -0.25) is 9.97 Å². The molecule has 0 saturated heterocycles. The second-order valence-electron chi connectivity index (χ2n) is 18.7. The maximum Gasteiger partial charge on any atom is 0.143 e. The minimum absolute atomic E-state index is 0.00151. The summed E-state index contributed by atoms with van der Waals surface area (Å²) in [5.74, 6) is 0. The molecule has 0 amide bonds. The first-order chi connectivity index (χ1) is 30.5. The molecule has 0 aliphatic heterocycles. The largest absolute Gasteiger partial charge is 0.455 e. The Labute approximate surface area is 370 Å². The Balaban J connectivity index is 1.13. The third-order valence-electron chi connectivity index (χ3n) is 12.3. The van der Waals surface area contributed by atoms with E-state index >= 15 is 0 Å². The standard InChI is InChI=1S/C60H50N2O/c1-59(2,3)47-34-46(35-48(36-47)60(4,5)6)49-21-13-14-22-51(49)52-24-16-26-54-53-25-15-23-50(57(53)63-58(52)54)45-32-43(41-27-29-55(61-37-41)39-17-9-7-10-18-39)31-44(33-45)42-28-30-56(62-38-42)40-19-11-8-12-20-40/h7-38H,1-6H3. The van der Waals surface area contributed by atoms with Gasteiger partial charge < -0.3 is 4.42 Å². The highest BCUT2D eigenvalue weighted by Crippen LogP contribution is 2.44. The Kier molecular flexibility index (Phi) is 9.99. The lowest BCUT2D eigenvalue weighted by Crippen LogP contribution is -2.16. The summed E-state index contributed by atoms with van der Waals surface area (Å²) in [6, 6.07) is 65.0. The fraction of sp³-hybridized carbons (Fsp3) is 0.133. The molecule has 7 aromatic carbocycles. The van der Waals surface area contributed by atoms with E-state index in [0.717, 1.165) is 89.0 Å². The van der Waals surface area contributed by atoms with Crippen LogP contribution in [0.1, 0.15) is 52.7 Å². The van der Waals surface area contributed by atoms with Crippen molar-refractivity contribution < 1.29 is 4.42 Å². The van der Waals surface area contributed by atoms with Gasteiger partial charge in [0, 0.05) is 56.5 Å². The first-order valence-electron chi connectivity index (χ1n) is 21.9. The zero-order valence-electron chi connectivity index (χ0n) is 36.8. The van der Waals surface area contributed by atoms with Gasteiger partial charge in [-0.15, -0.1) is 0 Å². The van der Waals surface area contributed by atoms with Crippen LogP contribution in [0.15, 0.2) is 199 Å². The van der Waals surface area contributed by atoms with Gasteiger partial charge in [0.1, 0.15) is 11.2 Å². The van der Waals surface area contributed by atoms with Crippen LogP contribution in [0.4, 0.5) is 0 Å². The van der Waals surface area contributed by atoms with E-state index in [9.17, 15) is 0 Å². The van der Waals surface area contributed by atoms with Crippen LogP contribution < -0.4 is 0 Å². The SMILES string of the molecule is CC(C)(C)c1cc(-c2ccccc2-c2cccc3c2oc2c(-c4cc(-c5ccc(-c6ccccc6)nc5)cc(-c5ccc(-c6ccccc6)nc5)c4)cccc23)cc(C(C)(C)C)c1. The Bertz CT molecular complexity index is 3120. The van der Waals surface area contributed by atoms with Crippen LogP contribution in [-0.4, -0.2) is 9.97 Å². The maximum absolute atomic E-state index is 7.17. The Morgan fingerprint density at radius 3 is 1.24 bits per heavy atom. The molecule has 10 aromatic rings. The van der Waals surface area contributed by atoms with Crippen molar-refractivity contribution in [3.63, 3.8) is 0 Å². The lowest BCUT2D eigenvalue weighted by Gasteiger charge is -2.26. The molecular formula is C60H50N2O. The van der Waals surface area contributed by atoms with E-state index < -0.39 is 0 Å². The van der Waals surface area contributed by atoms with Crippen LogP contribution in [0, 0.1) is 0 Å². The van der Waals surface area contributed by atoms with Gasteiger partial charge in [-0.25, -0.2) is 0 Å². The molecule has 3 aromatic heterocycles. The van der Waals surface area contributed by atoms with Crippen molar-refractivity contribution >= 4 is 21.9 Å². The first kappa shape index (κ1) is 39.8. The van der Waals surface area contributed by atoms with Gasteiger partial charge in [0.15, 0.2) is 0 Å². The summed E-state index contributed by atoms with van der Waals surface area (Å²) in [7, 11) is 0. The number of fused-ring (bicyclic) bond motifs is 3. The summed E-state index contributed by atoms with van der Waals surface area (Å²) >= 11 is 0. The number of hydrogen-bond donors (Lipinski definition) is 0. The molecule has 0 radical (unpaired) electrons. The monoisotopic (exact) mass is 814 g/mol. The van der Waals surface area contributed by atoms with Crippen molar-refractivity contribution in [2.75, 3.05) is 0 Å². The molecule has 306 valence electrons. The number of aromatic nitrogens is 2. The molecule has 10 rings (SSSR count). The van der Waals surface area contributed by atoms with Gasteiger partial charge in [0.2, 0.25) is 0 Å². The fourth-order valence-corrected chi connectivity index (χ4v) is 8.68. The minimum atomic E-state index is 0.00151. The van der Waals surface area contributed by atoms with Gasteiger partial charge in [-0.2, -0.15) is 0 Å². The quantitative estimate of drug-likeness (QED) is 0.161. The topological polar surface area (TPSA) is 38.9 Å². The van der Waals surface area contributed by atoms with Gasteiger partial charge >= 0.3 is 0 Å². The minimum Gasteiger partial charge on any atom is -0.455 e. The maximum atomic E-state index is 7.17. The average molecular weight is 815 g/mol. The molecular weight excluding hydrogens is 765 g/mol. The summed E-state index contributed by atoms with van der Waals surface area (Å²) in [4.78, 5) is 9.85. The smallest absolute Gasteiger partial charge is 0.143 e. The third kappa shape index (κ3) is 7.76. The van der Waals surface area contributed by atoms with Gasteiger partial charge in [0.25, 0.3) is 0 Å². The number of benzene rings is 7. The highest BCUT2D eigenvalue weighted by molar-refractivity contribution is 6.14. The highest BCUT2D eigenvalue weighted by Gasteiger charge is 2.23. The van der Waals surface area contributed by atoms with Crippen molar-refractivity contribution in [2.45, 2.75) is 52.4 Å². The molecule has 0 N–H and O–H groups in total. The van der Waals surface area contributed by atoms with Crippen molar-refractivity contribution in [3.05, 3.63) is 206 Å². The lowest BCUT2D eigenvalue weighted by molar-refractivity contribution is 0.569. The van der Waals surface area contributed by atoms with Crippen LogP contribution in [0.25, 0.3) is 100 Å². The number of furan rings is 1. The van der Waals surface area contributed by atoms with Gasteiger partial charge in [-0.1, -0.05) is 193 Å². The molecule has 3 heterocycles. The number of rotatable bonds is 7. The molecule has 3 heteroatoms. The summed E-state index contributed by atoms with van der Waals surface area (Å²) in [5.41, 5.74) is 19.4. The van der Waals surface area contributed by atoms with E-state index in [2.05, 4.69) is 187 Å². The molecule has 0 saturated carbocycles. The summed E-state index contributed by atoms with van der Waals surface area (Å²) in [6.45, 7) is 13.8. The fourth-order valence-electron chi connectivity index (χ4n) is 8.68. The summed E-state index contributed by atoms with van der Waals surface area (Å²) in [6.07, 6.45) is 3.96. The zero-order chi connectivity index (χ0) is 43.3. The second kappa shape index (κ2) is 15.8. The summed E-state index contributed by atoms with van der Waals surface area (Å²) in [5, 5.41) is 2.18. The molecule has 0 aliphatic carbocycles. The van der Waals surface area contributed by atoms with E-state index in [1.54, 1.807) is 0 Å². The predicted octanol–water partition coefficient (Wildman–Crippen LogP) is 16.6. The Morgan fingerprint density at radius 2 is 0.746 bits per heavy atom. The zero-order valence-corrected chi connectivity index (χ0v) is 36.8. The Morgan fingerprint density at radius 1 is 0.317 bits per heavy atom. The van der Waals surface area contributed by atoms with Crippen LogP contribution in [-0.2, 0) is 10.8 Å². The summed E-state index contributed by atoms with van der Waals surface area (Å²) < 4.78 is 7.17.